The summed E-state index contributed by atoms with van der Waals surface area (Å²) in [7, 11) is 4.25. The number of rotatable bonds is 2. The minimum Gasteiger partial charge on any atom is -1.00 e. The first-order chi connectivity index (χ1) is 16.2. The molecule has 0 radical (unpaired) electrons. The number of hydrogen-bond acceptors (Lipinski definition) is 4. The molecule has 0 spiro atoms. The third-order valence-corrected chi connectivity index (χ3v) is 6.53. The van der Waals surface area contributed by atoms with Gasteiger partial charge in [0.1, 0.15) is 0 Å². The predicted molar refractivity (Wildman–Crippen MR) is 156 cm³/mol. The van der Waals surface area contributed by atoms with E-state index in [1.54, 1.807) is 36.4 Å². The van der Waals surface area contributed by atoms with Gasteiger partial charge in [0.05, 0.1) is 11.6 Å². The Balaban J connectivity index is 0. The molecule has 0 atom stereocenters. The fourth-order valence-corrected chi connectivity index (χ4v) is 4.75. The van der Waals surface area contributed by atoms with Gasteiger partial charge >= 0.3 is 23.1 Å². The summed E-state index contributed by atoms with van der Waals surface area (Å²) in [5.41, 5.74) is 1.12. The van der Waals surface area contributed by atoms with Gasteiger partial charge in [-0.3, -0.25) is 4.79 Å². The number of ketones is 1. The van der Waals surface area contributed by atoms with Gasteiger partial charge in [-0.05, 0) is 89.5 Å². The van der Waals surface area contributed by atoms with Gasteiger partial charge in [0.15, 0.2) is 5.78 Å². The van der Waals surface area contributed by atoms with E-state index in [2.05, 4.69) is 30.3 Å². The van der Waals surface area contributed by atoms with Crippen molar-refractivity contribution in [2.45, 2.75) is 33.1 Å². The number of Topliss-reactive ketones (excluding diaryl/α,β-unsaturated/α-hetero) is 1. The van der Waals surface area contributed by atoms with E-state index in [4.69, 9.17) is 51.7 Å². The zero-order valence-electron chi connectivity index (χ0n) is 20.6. The number of carbonyl (C=O) groups is 1. The number of piperidine rings is 2. The molecule has 37 heavy (non-hydrogen) atoms. The average Bonchev–Trinajstić information content (AvgIpc) is 2.79. The van der Waals surface area contributed by atoms with Crippen LogP contribution in [-0.2, 0) is 0 Å². The maximum atomic E-state index is 12.3. The Kier molecular flexibility index (Phi) is 21.9. The van der Waals surface area contributed by atoms with Crippen LogP contribution in [0.4, 0.5) is 0 Å². The molecule has 0 aliphatic carbocycles. The molecule has 0 bridgehead atoms. The topological polar surface area (TPSA) is 47.3 Å². The number of nitrogens with zero attached hydrogens (tertiary/aromatic N) is 3. The summed E-state index contributed by atoms with van der Waals surface area (Å²) in [5, 5.41) is 10.4. The molecule has 2 saturated heterocycles. The molecular formula is C27H34BrCl4MgN3O. The minimum absolute atomic E-state index is 0. The zero-order valence-corrected chi connectivity index (χ0v) is 26.6. The van der Waals surface area contributed by atoms with Gasteiger partial charge in [0.2, 0.25) is 0 Å². The maximum Gasteiger partial charge on any atom is 2.00 e. The van der Waals surface area contributed by atoms with Crippen LogP contribution in [0.2, 0.25) is 20.1 Å². The molecule has 2 aromatic rings. The van der Waals surface area contributed by atoms with Gasteiger partial charge in [0.25, 0.3) is 0 Å². The second-order valence-corrected chi connectivity index (χ2v) is 10.3. The standard InChI is InChI=1S/C13H15Cl2NO.C7H3Cl2N.C6H12N.CH4.BrH.Mg/c1-16-4-2-9(3-5-16)13(17)10-6-11(14)8-12(15)7-10;8-6-1-5(4-10)2-7(9)3-6;1-7-5-3-2-4-6-7;;;/h6-9H,2-5H2,1H3;1-3H;2H,3-6H2,1H3;1H4;1H;/q;;-1;;;+2/p-1. The van der Waals surface area contributed by atoms with Crippen LogP contribution < -0.4 is 17.0 Å². The summed E-state index contributed by atoms with van der Waals surface area (Å²) in [6.45, 7) is 4.48. The van der Waals surface area contributed by atoms with Crippen molar-refractivity contribution in [3.63, 3.8) is 0 Å². The Morgan fingerprint density at radius 2 is 1.24 bits per heavy atom. The molecule has 0 N–H and O–H groups in total. The van der Waals surface area contributed by atoms with Crippen LogP contribution in [0.25, 0.3) is 0 Å². The summed E-state index contributed by atoms with van der Waals surface area (Å²) < 4.78 is 0. The minimum atomic E-state index is 0. The SMILES string of the molecule is C.CN1CCC(C(=O)c2cc(Cl)cc(Cl)c2)CC1.CN1CC[CH-]CC1.N#Cc1cc(Cl)cc(Cl)c1.[Br-].[Mg+2]. The summed E-state index contributed by atoms with van der Waals surface area (Å²) in [4.78, 5) is 16.9. The Bertz CT molecular complexity index is 952. The molecule has 2 aliphatic rings. The van der Waals surface area contributed by atoms with E-state index >= 15 is 0 Å². The van der Waals surface area contributed by atoms with Crippen molar-refractivity contribution in [3.05, 3.63) is 74.0 Å². The third kappa shape index (κ3) is 15.3. The molecular weight excluding hydrogens is 628 g/mol. The second-order valence-electron chi connectivity index (χ2n) is 8.54. The van der Waals surface area contributed by atoms with E-state index in [0.717, 1.165) is 25.9 Å². The molecule has 2 aliphatic heterocycles. The van der Waals surface area contributed by atoms with Gasteiger partial charge < -0.3 is 33.2 Å². The van der Waals surface area contributed by atoms with Crippen molar-refractivity contribution in [1.82, 2.24) is 9.80 Å². The van der Waals surface area contributed by atoms with E-state index in [1.165, 1.54) is 25.9 Å². The quantitative estimate of drug-likeness (QED) is 0.269. The van der Waals surface area contributed by atoms with E-state index in [0.29, 0.717) is 31.2 Å². The number of hydrogen-bond donors (Lipinski definition) is 0. The van der Waals surface area contributed by atoms with E-state index in [9.17, 15) is 4.79 Å². The Morgan fingerprint density at radius 3 is 1.62 bits per heavy atom. The molecule has 2 fully saturated rings. The number of nitriles is 1. The van der Waals surface area contributed by atoms with Crippen LogP contribution in [-0.4, -0.2) is 78.9 Å². The van der Waals surface area contributed by atoms with Gasteiger partial charge in [-0.15, -0.1) is 0 Å². The molecule has 4 rings (SSSR count). The number of benzene rings is 2. The van der Waals surface area contributed by atoms with Crippen molar-refractivity contribution < 1.29 is 21.8 Å². The van der Waals surface area contributed by atoms with Gasteiger partial charge in [-0.1, -0.05) is 53.8 Å². The van der Waals surface area contributed by atoms with Gasteiger partial charge in [-0.2, -0.15) is 18.1 Å². The fourth-order valence-electron chi connectivity index (χ4n) is 3.70. The summed E-state index contributed by atoms with van der Waals surface area (Å²) in [5.74, 6) is 0.281. The Morgan fingerprint density at radius 1 is 0.838 bits per heavy atom. The van der Waals surface area contributed by atoms with Crippen LogP contribution >= 0.6 is 46.4 Å². The van der Waals surface area contributed by atoms with Crippen molar-refractivity contribution in [3.8, 4) is 6.07 Å². The first-order valence-electron chi connectivity index (χ1n) is 11.2. The monoisotopic (exact) mass is 659 g/mol. The van der Waals surface area contributed by atoms with Crippen LogP contribution in [0.15, 0.2) is 36.4 Å². The smallest absolute Gasteiger partial charge is 1.00 e. The fraction of sp³-hybridized carbons (Fsp3) is 0.444. The maximum absolute atomic E-state index is 12.3. The van der Waals surface area contributed by atoms with Crippen LogP contribution in [0, 0.1) is 23.7 Å². The molecule has 10 heteroatoms. The van der Waals surface area contributed by atoms with Crippen LogP contribution in [0.1, 0.15) is 49.0 Å². The number of halogens is 5. The summed E-state index contributed by atoms with van der Waals surface area (Å²) >= 11 is 23.0. The molecule has 2 aromatic carbocycles. The van der Waals surface area contributed by atoms with E-state index < -0.39 is 0 Å². The van der Waals surface area contributed by atoms with Crippen molar-refractivity contribution in [1.29, 1.82) is 5.26 Å². The number of likely N-dealkylation sites (tertiary alicyclic amines) is 2. The van der Waals surface area contributed by atoms with Crippen LogP contribution in [0.5, 0.6) is 0 Å². The normalized spacial score (nSPS) is 15.6. The summed E-state index contributed by atoms with van der Waals surface area (Å²) in [6.07, 6.45) is 6.77. The molecule has 0 saturated carbocycles. The first-order valence-corrected chi connectivity index (χ1v) is 12.7. The molecule has 0 amide bonds. The molecule has 4 nitrogen and oxygen atoms in total. The van der Waals surface area contributed by atoms with E-state index in [-0.39, 0.29) is 59.2 Å². The van der Waals surface area contributed by atoms with Crippen molar-refractivity contribution in [2.75, 3.05) is 40.3 Å². The van der Waals surface area contributed by atoms with Gasteiger partial charge in [0, 0.05) is 31.6 Å². The summed E-state index contributed by atoms with van der Waals surface area (Å²) in [6, 6.07) is 11.7. The van der Waals surface area contributed by atoms with Gasteiger partial charge in [-0.25, -0.2) is 0 Å². The van der Waals surface area contributed by atoms with Crippen molar-refractivity contribution >= 4 is 75.2 Å². The Labute approximate surface area is 269 Å². The molecule has 0 aromatic heterocycles. The number of carbonyl (C=O) groups excluding carboxylic acids is 1. The molecule has 2 heterocycles. The average molecular weight is 663 g/mol. The van der Waals surface area contributed by atoms with E-state index in [1.807, 2.05) is 6.07 Å². The Hall–Kier alpha value is -0.0738. The predicted octanol–water partition coefficient (Wildman–Crippen LogP) is 4.56. The van der Waals surface area contributed by atoms with Crippen LogP contribution in [0.3, 0.4) is 0 Å². The third-order valence-electron chi connectivity index (χ3n) is 5.66. The second kappa shape index (κ2) is 20.8. The van der Waals surface area contributed by atoms with Crippen molar-refractivity contribution in [2.24, 2.45) is 5.92 Å². The first kappa shape index (κ1) is 39.1. The molecule has 0 unspecified atom stereocenters. The largest absolute Gasteiger partial charge is 2.00 e. The zero-order chi connectivity index (χ0) is 25.1. The molecule has 200 valence electrons.